The molecule has 0 bridgehead atoms. The number of amides is 1. The number of thioether (sulfide) groups is 1. The van der Waals surface area contributed by atoms with Crippen LogP contribution in [0.5, 0.6) is 0 Å². The van der Waals surface area contributed by atoms with Crippen molar-refractivity contribution in [3.63, 3.8) is 0 Å². The fourth-order valence-electron chi connectivity index (χ4n) is 3.51. The van der Waals surface area contributed by atoms with Crippen LogP contribution >= 0.6 is 11.8 Å². The molecule has 9 heteroatoms. The molecule has 30 heavy (non-hydrogen) atoms. The molecular weight excluding hydrogens is 402 g/mol. The van der Waals surface area contributed by atoms with Gasteiger partial charge in [0.1, 0.15) is 0 Å². The second-order valence-corrected chi connectivity index (χ2v) is 8.23. The van der Waals surface area contributed by atoms with E-state index in [1.807, 2.05) is 0 Å². The number of carbonyl (C=O) groups excluding carboxylic acids is 3. The van der Waals surface area contributed by atoms with Crippen LogP contribution in [0.2, 0.25) is 0 Å². The summed E-state index contributed by atoms with van der Waals surface area (Å²) in [5.41, 5.74) is 1.87. The predicted octanol–water partition coefficient (Wildman–Crippen LogP) is 2.38. The lowest BCUT2D eigenvalue weighted by atomic mass is 9.84. The summed E-state index contributed by atoms with van der Waals surface area (Å²) in [6.45, 7) is 0. The second kappa shape index (κ2) is 7.10. The largest absolute Gasteiger partial charge is 0.336 e. The van der Waals surface area contributed by atoms with Gasteiger partial charge in [-0.1, -0.05) is 36.0 Å². The number of aromatic nitrogens is 3. The highest BCUT2D eigenvalue weighted by atomic mass is 32.2. The van der Waals surface area contributed by atoms with Crippen LogP contribution in [0.15, 0.2) is 47.6 Å². The summed E-state index contributed by atoms with van der Waals surface area (Å²) >= 11 is 1.19. The number of rotatable bonds is 5. The molecule has 1 heterocycles. The number of fused-ring (bicyclic) bond motifs is 2. The van der Waals surface area contributed by atoms with E-state index in [4.69, 9.17) is 5.84 Å². The Balaban J connectivity index is 1.29. The third kappa shape index (κ3) is 3.17. The maximum atomic E-state index is 12.8. The monoisotopic (exact) mass is 419 g/mol. The minimum absolute atomic E-state index is 0.0901. The number of anilines is 1. The van der Waals surface area contributed by atoms with Gasteiger partial charge in [-0.3, -0.25) is 14.4 Å². The van der Waals surface area contributed by atoms with Crippen LogP contribution in [-0.2, 0) is 4.79 Å². The molecule has 150 valence electrons. The zero-order valence-electron chi connectivity index (χ0n) is 15.8. The molecule has 0 atom stereocenters. The van der Waals surface area contributed by atoms with Gasteiger partial charge in [0.05, 0.1) is 5.75 Å². The van der Waals surface area contributed by atoms with Gasteiger partial charge in [0.15, 0.2) is 17.4 Å². The molecule has 3 N–H and O–H groups in total. The van der Waals surface area contributed by atoms with Gasteiger partial charge in [-0.05, 0) is 31.0 Å². The number of hydrogen-bond donors (Lipinski definition) is 2. The van der Waals surface area contributed by atoms with Crippen LogP contribution in [0.25, 0.3) is 0 Å². The van der Waals surface area contributed by atoms with Crippen molar-refractivity contribution in [2.75, 3.05) is 16.9 Å². The summed E-state index contributed by atoms with van der Waals surface area (Å²) in [7, 11) is 0. The molecule has 0 radical (unpaired) electrons. The molecule has 1 aromatic heterocycles. The van der Waals surface area contributed by atoms with Crippen molar-refractivity contribution in [1.82, 2.24) is 14.9 Å². The van der Waals surface area contributed by atoms with Gasteiger partial charge in [-0.2, -0.15) is 0 Å². The van der Waals surface area contributed by atoms with Gasteiger partial charge in [-0.15, -0.1) is 10.2 Å². The van der Waals surface area contributed by atoms with Crippen molar-refractivity contribution in [3.8, 4) is 0 Å². The molecule has 1 amide bonds. The summed E-state index contributed by atoms with van der Waals surface area (Å²) < 4.78 is 1.44. The minimum atomic E-state index is -0.272. The molecule has 0 unspecified atom stereocenters. The third-order valence-electron chi connectivity index (χ3n) is 5.17. The third-order valence-corrected chi connectivity index (χ3v) is 6.12. The van der Waals surface area contributed by atoms with E-state index in [0.29, 0.717) is 39.0 Å². The van der Waals surface area contributed by atoms with Crippen molar-refractivity contribution in [2.45, 2.75) is 23.9 Å². The second-order valence-electron chi connectivity index (χ2n) is 7.29. The molecule has 1 saturated carbocycles. The topological polar surface area (TPSA) is 120 Å². The van der Waals surface area contributed by atoms with E-state index in [1.165, 1.54) is 16.4 Å². The zero-order valence-corrected chi connectivity index (χ0v) is 16.6. The van der Waals surface area contributed by atoms with Gasteiger partial charge in [0.2, 0.25) is 11.1 Å². The first kappa shape index (κ1) is 18.6. The first-order valence-corrected chi connectivity index (χ1v) is 10.5. The van der Waals surface area contributed by atoms with Crippen molar-refractivity contribution in [1.29, 1.82) is 0 Å². The van der Waals surface area contributed by atoms with E-state index in [-0.39, 0.29) is 23.2 Å². The minimum Gasteiger partial charge on any atom is -0.336 e. The van der Waals surface area contributed by atoms with Crippen molar-refractivity contribution < 1.29 is 14.4 Å². The highest BCUT2D eigenvalue weighted by molar-refractivity contribution is 7.99. The van der Waals surface area contributed by atoms with Crippen LogP contribution < -0.4 is 11.2 Å². The molecule has 8 nitrogen and oxygen atoms in total. The van der Waals surface area contributed by atoms with Crippen LogP contribution in [-0.4, -0.2) is 38.1 Å². The average molecular weight is 419 g/mol. The summed E-state index contributed by atoms with van der Waals surface area (Å²) in [4.78, 5) is 37.8. The molecular formula is C21H17N5O3S. The lowest BCUT2D eigenvalue weighted by Crippen LogP contribution is -2.22. The fraction of sp³-hybridized carbons (Fsp3) is 0.190. The maximum Gasteiger partial charge on any atom is 0.234 e. The highest BCUT2D eigenvalue weighted by Crippen LogP contribution is 2.39. The SMILES string of the molecule is Nn1c(SCC(=O)Nc2ccc3c(c2)C(=O)c2ccccc2C3=O)nnc1C1CC1. The Kier molecular flexibility index (Phi) is 4.39. The van der Waals surface area contributed by atoms with Gasteiger partial charge >= 0.3 is 0 Å². The Hall–Kier alpha value is -3.46. The van der Waals surface area contributed by atoms with Gasteiger partial charge in [-0.25, -0.2) is 4.68 Å². The Bertz CT molecular complexity index is 1220. The Morgan fingerprint density at radius 3 is 2.40 bits per heavy atom. The van der Waals surface area contributed by atoms with Gasteiger partial charge in [0, 0.05) is 33.9 Å². The Morgan fingerprint density at radius 1 is 1.03 bits per heavy atom. The van der Waals surface area contributed by atoms with Crippen LogP contribution in [0.3, 0.4) is 0 Å². The number of carbonyl (C=O) groups is 3. The van der Waals surface area contributed by atoms with E-state index in [0.717, 1.165) is 18.7 Å². The highest BCUT2D eigenvalue weighted by Gasteiger charge is 2.31. The summed E-state index contributed by atoms with van der Waals surface area (Å²) in [6.07, 6.45) is 2.12. The first-order chi connectivity index (χ1) is 14.5. The van der Waals surface area contributed by atoms with E-state index in [1.54, 1.807) is 42.5 Å². The van der Waals surface area contributed by atoms with Crippen LogP contribution in [0.4, 0.5) is 5.69 Å². The normalized spacial score (nSPS) is 14.9. The van der Waals surface area contributed by atoms with E-state index in [9.17, 15) is 14.4 Å². The van der Waals surface area contributed by atoms with Crippen LogP contribution in [0.1, 0.15) is 56.4 Å². The maximum absolute atomic E-state index is 12.8. The van der Waals surface area contributed by atoms with Crippen molar-refractivity contribution in [2.24, 2.45) is 0 Å². The van der Waals surface area contributed by atoms with Crippen LogP contribution in [0, 0.1) is 0 Å². The molecule has 1 fully saturated rings. The number of ketones is 2. The number of nitrogen functional groups attached to an aromatic ring is 1. The van der Waals surface area contributed by atoms with E-state index >= 15 is 0 Å². The van der Waals surface area contributed by atoms with E-state index in [2.05, 4.69) is 15.5 Å². The molecule has 5 rings (SSSR count). The zero-order chi connectivity index (χ0) is 20.8. The summed E-state index contributed by atoms with van der Waals surface area (Å²) in [5, 5.41) is 11.4. The number of hydrogen-bond acceptors (Lipinski definition) is 7. The summed E-state index contributed by atoms with van der Waals surface area (Å²) in [6, 6.07) is 11.5. The fourth-order valence-corrected chi connectivity index (χ4v) is 4.17. The molecule has 0 spiro atoms. The van der Waals surface area contributed by atoms with Gasteiger partial charge in [0.25, 0.3) is 0 Å². The first-order valence-electron chi connectivity index (χ1n) is 9.48. The predicted molar refractivity (Wildman–Crippen MR) is 111 cm³/mol. The lowest BCUT2D eigenvalue weighted by molar-refractivity contribution is -0.113. The van der Waals surface area contributed by atoms with E-state index < -0.39 is 0 Å². The average Bonchev–Trinajstić information content (AvgIpc) is 3.53. The Morgan fingerprint density at radius 2 is 1.70 bits per heavy atom. The molecule has 2 aromatic carbocycles. The summed E-state index contributed by atoms with van der Waals surface area (Å²) in [5.74, 6) is 6.51. The number of nitrogens with one attached hydrogen (secondary N) is 1. The molecule has 2 aliphatic rings. The molecule has 3 aromatic rings. The molecule has 2 aliphatic carbocycles. The van der Waals surface area contributed by atoms with Crippen molar-refractivity contribution in [3.05, 3.63) is 70.5 Å². The molecule has 0 aliphatic heterocycles. The standard InChI is InChI=1S/C21H17N5O3S/c22-26-20(11-5-6-11)24-25-21(26)30-10-17(27)23-12-7-8-15-16(9-12)19(29)14-4-2-1-3-13(14)18(15)28/h1-4,7-9,11H,5-6,10,22H2,(H,23,27). The number of benzene rings is 2. The number of nitrogens with zero attached hydrogens (tertiary/aromatic N) is 3. The lowest BCUT2D eigenvalue weighted by Gasteiger charge is -2.18. The quantitative estimate of drug-likeness (QED) is 0.376. The molecule has 0 saturated heterocycles. The van der Waals surface area contributed by atoms with Gasteiger partial charge < -0.3 is 11.2 Å². The Labute approximate surface area is 175 Å². The number of nitrogens with two attached hydrogens (primary N) is 1. The van der Waals surface area contributed by atoms with Crippen molar-refractivity contribution >= 4 is 34.9 Å². The smallest absolute Gasteiger partial charge is 0.234 e.